The third-order valence-corrected chi connectivity index (χ3v) is 3.75. The maximum absolute atomic E-state index is 12.0. The predicted octanol–water partition coefficient (Wildman–Crippen LogP) is 3.10. The molecule has 1 aliphatic carbocycles. The first kappa shape index (κ1) is 10.6. The van der Waals surface area contributed by atoms with Crippen molar-refractivity contribution >= 4 is 5.91 Å². The Morgan fingerprint density at radius 1 is 1.24 bits per heavy atom. The topological polar surface area (TPSA) is 20.3 Å². The van der Waals surface area contributed by atoms with Crippen LogP contribution in [0.25, 0.3) is 0 Å². The summed E-state index contributed by atoms with van der Waals surface area (Å²) in [6.07, 6.45) is 6.54. The predicted molar refractivity (Wildman–Crippen MR) is 67.0 cm³/mol. The number of hydrogen-bond donors (Lipinski definition) is 0. The molecular weight excluding hydrogens is 210 g/mol. The van der Waals surface area contributed by atoms with E-state index in [0.29, 0.717) is 11.8 Å². The number of allylic oxidation sites excluding steroid dienone is 2. The molecule has 0 saturated carbocycles. The third-order valence-electron chi connectivity index (χ3n) is 3.75. The van der Waals surface area contributed by atoms with Crippen molar-refractivity contribution in [2.75, 3.05) is 0 Å². The lowest BCUT2D eigenvalue weighted by Gasteiger charge is -2.23. The number of carbonyl (C=O) groups excluding carboxylic acids is 1. The van der Waals surface area contributed by atoms with E-state index in [1.54, 1.807) is 0 Å². The zero-order valence-electron chi connectivity index (χ0n) is 9.93. The van der Waals surface area contributed by atoms with E-state index in [2.05, 4.69) is 18.2 Å². The van der Waals surface area contributed by atoms with Crippen LogP contribution in [0.1, 0.15) is 31.2 Å². The summed E-state index contributed by atoms with van der Waals surface area (Å²) in [5.41, 5.74) is 2.50. The van der Waals surface area contributed by atoms with Crippen LogP contribution in [0.3, 0.4) is 0 Å². The summed E-state index contributed by atoms with van der Waals surface area (Å²) in [7, 11) is 0. The molecule has 1 heterocycles. The number of carbonyl (C=O) groups is 1. The van der Waals surface area contributed by atoms with E-state index < -0.39 is 0 Å². The summed E-state index contributed by atoms with van der Waals surface area (Å²) in [6, 6.07) is 10.2. The standard InChI is InChI=1S/C15H17NO/c17-15-10-13-8-4-5-9-14(13)16(15)11-12-6-2-1-3-7-12/h1-3,6-7,9,13H,4-5,8,10-11H2. The highest BCUT2D eigenvalue weighted by Crippen LogP contribution is 2.37. The molecule has 2 nitrogen and oxygen atoms in total. The summed E-state index contributed by atoms with van der Waals surface area (Å²) in [5, 5.41) is 0. The molecule has 1 aromatic carbocycles. The van der Waals surface area contributed by atoms with Crippen LogP contribution in [0.15, 0.2) is 42.1 Å². The van der Waals surface area contributed by atoms with Crippen LogP contribution in [0.4, 0.5) is 0 Å². The second-order valence-corrected chi connectivity index (χ2v) is 4.93. The smallest absolute Gasteiger partial charge is 0.227 e. The van der Waals surface area contributed by atoms with Gasteiger partial charge in [0.05, 0.1) is 6.54 Å². The number of nitrogens with zero attached hydrogens (tertiary/aromatic N) is 1. The van der Waals surface area contributed by atoms with Gasteiger partial charge in [-0.3, -0.25) is 4.79 Å². The first-order chi connectivity index (χ1) is 8.34. The monoisotopic (exact) mass is 227 g/mol. The summed E-state index contributed by atoms with van der Waals surface area (Å²) in [5.74, 6) is 0.798. The fourth-order valence-corrected chi connectivity index (χ4v) is 2.88. The number of hydrogen-bond acceptors (Lipinski definition) is 1. The fourth-order valence-electron chi connectivity index (χ4n) is 2.88. The van der Waals surface area contributed by atoms with Gasteiger partial charge < -0.3 is 4.90 Å². The Balaban J connectivity index is 1.83. The van der Waals surface area contributed by atoms with Gasteiger partial charge in [0.2, 0.25) is 5.91 Å². The van der Waals surface area contributed by atoms with E-state index in [9.17, 15) is 4.79 Å². The lowest BCUT2D eigenvalue weighted by Crippen LogP contribution is -2.23. The van der Waals surface area contributed by atoms with Gasteiger partial charge in [0.25, 0.3) is 0 Å². The Labute approximate surface area is 102 Å². The van der Waals surface area contributed by atoms with Crippen molar-refractivity contribution in [1.82, 2.24) is 4.90 Å². The Bertz CT molecular complexity index is 449. The Morgan fingerprint density at radius 3 is 2.88 bits per heavy atom. The lowest BCUT2D eigenvalue weighted by molar-refractivity contribution is -0.127. The summed E-state index contributed by atoms with van der Waals surface area (Å²) >= 11 is 0. The van der Waals surface area contributed by atoms with Crippen LogP contribution in [-0.2, 0) is 11.3 Å². The van der Waals surface area contributed by atoms with E-state index in [1.165, 1.54) is 24.1 Å². The van der Waals surface area contributed by atoms with E-state index in [0.717, 1.165) is 19.4 Å². The average molecular weight is 227 g/mol. The van der Waals surface area contributed by atoms with Crippen LogP contribution < -0.4 is 0 Å². The number of amides is 1. The maximum atomic E-state index is 12.0. The van der Waals surface area contributed by atoms with Gasteiger partial charge in [-0.05, 0) is 24.8 Å². The van der Waals surface area contributed by atoms with Crippen molar-refractivity contribution < 1.29 is 4.79 Å². The van der Waals surface area contributed by atoms with Crippen molar-refractivity contribution in [3.05, 3.63) is 47.7 Å². The number of likely N-dealkylation sites (tertiary alicyclic amines) is 1. The zero-order valence-corrected chi connectivity index (χ0v) is 9.93. The largest absolute Gasteiger partial charge is 0.312 e. The average Bonchev–Trinajstić information content (AvgIpc) is 2.68. The first-order valence-electron chi connectivity index (χ1n) is 6.39. The molecule has 1 fully saturated rings. The first-order valence-corrected chi connectivity index (χ1v) is 6.39. The van der Waals surface area contributed by atoms with E-state index in [4.69, 9.17) is 0 Å². The molecule has 2 aliphatic rings. The molecule has 1 saturated heterocycles. The molecule has 1 amide bonds. The van der Waals surface area contributed by atoms with Gasteiger partial charge in [-0.2, -0.15) is 0 Å². The second kappa shape index (κ2) is 4.36. The van der Waals surface area contributed by atoms with Crippen molar-refractivity contribution in [2.45, 2.75) is 32.2 Å². The Morgan fingerprint density at radius 2 is 2.06 bits per heavy atom. The molecule has 0 bridgehead atoms. The quantitative estimate of drug-likeness (QED) is 0.760. The molecule has 0 radical (unpaired) electrons. The molecule has 0 spiro atoms. The van der Waals surface area contributed by atoms with E-state index in [1.807, 2.05) is 23.1 Å². The molecular formula is C15H17NO. The van der Waals surface area contributed by atoms with Crippen molar-refractivity contribution in [2.24, 2.45) is 5.92 Å². The molecule has 1 aromatic rings. The molecule has 0 N–H and O–H groups in total. The van der Waals surface area contributed by atoms with Gasteiger partial charge in [0, 0.05) is 18.0 Å². The zero-order chi connectivity index (χ0) is 11.7. The normalized spacial score (nSPS) is 23.5. The SMILES string of the molecule is O=C1CC2CCCC=C2N1Cc1ccccc1. The Hall–Kier alpha value is -1.57. The minimum Gasteiger partial charge on any atom is -0.312 e. The van der Waals surface area contributed by atoms with Crippen LogP contribution in [0.5, 0.6) is 0 Å². The third kappa shape index (κ3) is 1.99. The molecule has 17 heavy (non-hydrogen) atoms. The molecule has 3 rings (SSSR count). The molecule has 1 aliphatic heterocycles. The van der Waals surface area contributed by atoms with Crippen LogP contribution >= 0.6 is 0 Å². The van der Waals surface area contributed by atoms with Gasteiger partial charge in [0.1, 0.15) is 0 Å². The van der Waals surface area contributed by atoms with Crippen LogP contribution in [0, 0.1) is 5.92 Å². The van der Waals surface area contributed by atoms with Crippen LogP contribution in [0.2, 0.25) is 0 Å². The van der Waals surface area contributed by atoms with Gasteiger partial charge in [-0.15, -0.1) is 0 Å². The molecule has 88 valence electrons. The molecule has 1 atom stereocenters. The number of benzene rings is 1. The fraction of sp³-hybridized carbons (Fsp3) is 0.400. The summed E-state index contributed by atoms with van der Waals surface area (Å²) in [4.78, 5) is 14.0. The number of rotatable bonds is 2. The Kier molecular flexibility index (Phi) is 2.71. The highest BCUT2D eigenvalue weighted by molar-refractivity contribution is 5.82. The summed E-state index contributed by atoms with van der Waals surface area (Å²) < 4.78 is 0. The van der Waals surface area contributed by atoms with Gasteiger partial charge in [-0.25, -0.2) is 0 Å². The highest BCUT2D eigenvalue weighted by atomic mass is 16.2. The van der Waals surface area contributed by atoms with Crippen molar-refractivity contribution in [3.63, 3.8) is 0 Å². The summed E-state index contributed by atoms with van der Waals surface area (Å²) in [6.45, 7) is 0.738. The van der Waals surface area contributed by atoms with Crippen LogP contribution in [-0.4, -0.2) is 10.8 Å². The highest BCUT2D eigenvalue weighted by Gasteiger charge is 2.35. The van der Waals surface area contributed by atoms with Gasteiger partial charge in [-0.1, -0.05) is 36.4 Å². The molecule has 2 heteroatoms. The van der Waals surface area contributed by atoms with Gasteiger partial charge in [0.15, 0.2) is 0 Å². The minimum absolute atomic E-state index is 0.298. The van der Waals surface area contributed by atoms with Crippen molar-refractivity contribution in [1.29, 1.82) is 0 Å². The van der Waals surface area contributed by atoms with Crippen molar-refractivity contribution in [3.8, 4) is 0 Å². The molecule has 1 unspecified atom stereocenters. The van der Waals surface area contributed by atoms with E-state index >= 15 is 0 Å². The second-order valence-electron chi connectivity index (χ2n) is 4.93. The van der Waals surface area contributed by atoms with E-state index in [-0.39, 0.29) is 0 Å². The molecule has 0 aromatic heterocycles. The number of fused-ring (bicyclic) bond motifs is 1. The lowest BCUT2D eigenvalue weighted by atomic mass is 9.92. The maximum Gasteiger partial charge on any atom is 0.227 e. The van der Waals surface area contributed by atoms with Gasteiger partial charge >= 0.3 is 0 Å². The minimum atomic E-state index is 0.298.